The number of carbonyl (C=O) groups excluding carboxylic acids is 1. The second-order valence-corrected chi connectivity index (χ2v) is 5.66. The molecule has 1 amide bonds. The average Bonchev–Trinajstić information content (AvgIpc) is 2.19. The minimum absolute atomic E-state index is 0.0627. The molecule has 0 saturated heterocycles. The van der Waals surface area contributed by atoms with Crippen LogP contribution < -0.4 is 11.1 Å². The monoisotopic (exact) mass is 274 g/mol. The number of hydrogen-bond donors (Lipinski definition) is 2. The molecule has 0 radical (unpaired) electrons. The van der Waals surface area contributed by atoms with Crippen molar-refractivity contribution in [3.05, 3.63) is 29.3 Å². The fourth-order valence-electron chi connectivity index (χ4n) is 1.25. The van der Waals surface area contributed by atoms with Gasteiger partial charge in [0.15, 0.2) is 0 Å². The van der Waals surface area contributed by atoms with Gasteiger partial charge in [0.25, 0.3) is 0 Å². The second-order valence-electron chi connectivity index (χ2n) is 3.76. The minimum atomic E-state index is -1.24. The molecule has 0 aliphatic heterocycles. The fourth-order valence-corrected chi connectivity index (χ4v) is 2.50. The highest BCUT2D eigenvalue weighted by molar-refractivity contribution is 7.85. The van der Waals surface area contributed by atoms with Crippen LogP contribution in [0.1, 0.15) is 6.92 Å². The van der Waals surface area contributed by atoms with E-state index in [1.807, 2.05) is 0 Å². The molecule has 4 nitrogen and oxygen atoms in total. The van der Waals surface area contributed by atoms with E-state index in [9.17, 15) is 9.00 Å². The molecule has 1 rings (SSSR count). The maximum absolute atomic E-state index is 11.6. The summed E-state index contributed by atoms with van der Waals surface area (Å²) in [6.45, 7) is 1.75. The van der Waals surface area contributed by atoms with E-state index >= 15 is 0 Å². The zero-order valence-electron chi connectivity index (χ0n) is 9.48. The Morgan fingerprint density at radius 3 is 2.76 bits per heavy atom. The van der Waals surface area contributed by atoms with Crippen LogP contribution in [0.4, 0.5) is 5.69 Å². The molecule has 6 heteroatoms. The summed E-state index contributed by atoms with van der Waals surface area (Å²) in [7, 11) is -1.24. The third kappa shape index (κ3) is 5.30. The molecule has 0 heterocycles. The van der Waals surface area contributed by atoms with Crippen molar-refractivity contribution in [1.82, 2.24) is 0 Å². The molecule has 1 aromatic carbocycles. The second kappa shape index (κ2) is 6.74. The van der Waals surface area contributed by atoms with Gasteiger partial charge in [-0.3, -0.25) is 9.00 Å². The number of benzene rings is 1. The van der Waals surface area contributed by atoms with Crippen molar-refractivity contribution in [3.63, 3.8) is 0 Å². The first-order chi connectivity index (χ1) is 7.99. The number of carbonyl (C=O) groups is 1. The lowest BCUT2D eigenvalue weighted by Crippen LogP contribution is -2.28. The Morgan fingerprint density at radius 2 is 2.18 bits per heavy atom. The predicted molar refractivity (Wildman–Crippen MR) is 71.6 cm³/mol. The van der Waals surface area contributed by atoms with Gasteiger partial charge in [0, 0.05) is 22.6 Å². The largest absolute Gasteiger partial charge is 0.327 e. The summed E-state index contributed by atoms with van der Waals surface area (Å²) < 4.78 is 11.5. The number of nitrogens with two attached hydrogens (primary N) is 1. The quantitative estimate of drug-likeness (QED) is 0.852. The fraction of sp³-hybridized carbons (Fsp3) is 0.364. The average molecular weight is 275 g/mol. The summed E-state index contributed by atoms with van der Waals surface area (Å²) in [6, 6.07) is 6.72. The van der Waals surface area contributed by atoms with Crippen LogP contribution >= 0.6 is 11.6 Å². The van der Waals surface area contributed by atoms with Gasteiger partial charge in [-0.25, -0.2) is 0 Å². The van der Waals surface area contributed by atoms with E-state index in [1.54, 1.807) is 31.2 Å². The van der Waals surface area contributed by atoms with Crippen LogP contribution in [-0.2, 0) is 15.6 Å². The molecule has 0 spiro atoms. The van der Waals surface area contributed by atoms with Crippen molar-refractivity contribution in [2.24, 2.45) is 5.73 Å². The predicted octanol–water partition coefficient (Wildman–Crippen LogP) is 1.37. The first kappa shape index (κ1) is 14.2. The van der Waals surface area contributed by atoms with Gasteiger partial charge in [0.2, 0.25) is 5.91 Å². The molecule has 94 valence electrons. The zero-order chi connectivity index (χ0) is 12.8. The number of anilines is 1. The molecule has 1 aromatic rings. The van der Waals surface area contributed by atoms with E-state index in [0.717, 1.165) is 0 Å². The lowest BCUT2D eigenvalue weighted by molar-refractivity contribution is -0.113. The molecule has 0 aliphatic rings. The topological polar surface area (TPSA) is 72.2 Å². The zero-order valence-corrected chi connectivity index (χ0v) is 11.1. The van der Waals surface area contributed by atoms with Gasteiger partial charge in [-0.15, -0.1) is 0 Å². The number of nitrogens with one attached hydrogen (secondary N) is 1. The van der Waals surface area contributed by atoms with Gasteiger partial charge in [-0.05, 0) is 19.1 Å². The van der Waals surface area contributed by atoms with Crippen LogP contribution in [0, 0.1) is 0 Å². The Labute approximate surface area is 108 Å². The normalized spacial score (nSPS) is 14.1. The van der Waals surface area contributed by atoms with E-state index in [1.165, 1.54) is 0 Å². The molecule has 0 bridgehead atoms. The number of rotatable bonds is 5. The van der Waals surface area contributed by atoms with Gasteiger partial charge in [0.05, 0.1) is 10.7 Å². The summed E-state index contributed by atoms with van der Waals surface area (Å²) in [6.07, 6.45) is 0. The van der Waals surface area contributed by atoms with Crippen LogP contribution in [0.15, 0.2) is 24.3 Å². The van der Waals surface area contributed by atoms with Crippen molar-refractivity contribution in [2.45, 2.75) is 13.0 Å². The molecular formula is C11H15ClN2O2S. The summed E-state index contributed by atoms with van der Waals surface area (Å²) in [5.41, 5.74) is 6.02. The standard InChI is InChI=1S/C11H15ClN2O2S/c1-8(13)6-17(16)7-11(15)14-10-5-3-2-4-9(10)12/h2-5,8H,6-7,13H2,1H3,(H,14,15). The highest BCUT2D eigenvalue weighted by Crippen LogP contribution is 2.20. The third-order valence-electron chi connectivity index (χ3n) is 1.89. The Morgan fingerprint density at radius 1 is 1.53 bits per heavy atom. The number of hydrogen-bond acceptors (Lipinski definition) is 3. The molecule has 0 fully saturated rings. The molecule has 0 saturated carbocycles. The van der Waals surface area contributed by atoms with Crippen LogP contribution in [0.2, 0.25) is 5.02 Å². The highest BCUT2D eigenvalue weighted by atomic mass is 35.5. The Balaban J connectivity index is 2.51. The molecule has 3 N–H and O–H groups in total. The number of para-hydroxylation sites is 1. The van der Waals surface area contributed by atoms with Crippen molar-refractivity contribution >= 4 is 34.0 Å². The SMILES string of the molecule is CC(N)CS(=O)CC(=O)Nc1ccccc1Cl. The van der Waals surface area contributed by atoms with Crippen LogP contribution in [0.3, 0.4) is 0 Å². The Kier molecular flexibility index (Phi) is 5.61. The molecule has 17 heavy (non-hydrogen) atoms. The van der Waals surface area contributed by atoms with Crippen LogP contribution in [-0.4, -0.2) is 27.7 Å². The maximum atomic E-state index is 11.6. The van der Waals surface area contributed by atoms with E-state index in [2.05, 4.69) is 5.32 Å². The van der Waals surface area contributed by atoms with Gasteiger partial charge >= 0.3 is 0 Å². The molecule has 2 unspecified atom stereocenters. The van der Waals surface area contributed by atoms with Crippen LogP contribution in [0.5, 0.6) is 0 Å². The number of amides is 1. The van der Waals surface area contributed by atoms with E-state index in [-0.39, 0.29) is 17.7 Å². The molecule has 0 aliphatic carbocycles. The van der Waals surface area contributed by atoms with Crippen molar-refractivity contribution < 1.29 is 9.00 Å². The molecule has 2 atom stereocenters. The van der Waals surface area contributed by atoms with Gasteiger partial charge in [-0.1, -0.05) is 23.7 Å². The van der Waals surface area contributed by atoms with Gasteiger partial charge < -0.3 is 11.1 Å². The molecule has 0 aromatic heterocycles. The lowest BCUT2D eigenvalue weighted by atomic mass is 10.3. The highest BCUT2D eigenvalue weighted by Gasteiger charge is 2.11. The Hall–Kier alpha value is -0.910. The molecular weight excluding hydrogens is 260 g/mol. The van der Waals surface area contributed by atoms with Crippen molar-refractivity contribution in [3.8, 4) is 0 Å². The van der Waals surface area contributed by atoms with E-state index in [4.69, 9.17) is 17.3 Å². The van der Waals surface area contributed by atoms with E-state index < -0.39 is 10.8 Å². The summed E-state index contributed by atoms with van der Waals surface area (Å²) in [4.78, 5) is 11.6. The summed E-state index contributed by atoms with van der Waals surface area (Å²) >= 11 is 5.88. The minimum Gasteiger partial charge on any atom is -0.327 e. The van der Waals surface area contributed by atoms with Crippen molar-refractivity contribution in [2.75, 3.05) is 16.8 Å². The lowest BCUT2D eigenvalue weighted by Gasteiger charge is -2.08. The van der Waals surface area contributed by atoms with Gasteiger partial charge in [0.1, 0.15) is 5.75 Å². The third-order valence-corrected chi connectivity index (χ3v) is 3.70. The smallest absolute Gasteiger partial charge is 0.237 e. The van der Waals surface area contributed by atoms with Gasteiger partial charge in [-0.2, -0.15) is 0 Å². The first-order valence-electron chi connectivity index (χ1n) is 5.14. The van der Waals surface area contributed by atoms with E-state index in [0.29, 0.717) is 16.5 Å². The first-order valence-corrected chi connectivity index (χ1v) is 7.00. The Bertz CT molecular complexity index is 424. The number of halogens is 1. The van der Waals surface area contributed by atoms with Crippen LogP contribution in [0.25, 0.3) is 0 Å². The van der Waals surface area contributed by atoms with Crippen molar-refractivity contribution in [1.29, 1.82) is 0 Å². The summed E-state index contributed by atoms with van der Waals surface area (Å²) in [5, 5.41) is 3.07. The maximum Gasteiger partial charge on any atom is 0.237 e. The summed E-state index contributed by atoms with van der Waals surface area (Å²) in [5.74, 6) is -0.0695.